The molecule has 3 rings (SSSR count). The fourth-order valence-electron chi connectivity index (χ4n) is 3.41. The van der Waals surface area contributed by atoms with E-state index in [1.165, 1.54) is 17.7 Å². The van der Waals surface area contributed by atoms with Crippen molar-refractivity contribution in [3.05, 3.63) is 42.0 Å². The predicted molar refractivity (Wildman–Crippen MR) is 95.6 cm³/mol. The molecule has 5 heteroatoms. The highest BCUT2D eigenvalue weighted by molar-refractivity contribution is 5.11. The Bertz CT molecular complexity index is 631. The number of rotatable bonds is 8. The van der Waals surface area contributed by atoms with E-state index in [2.05, 4.69) is 53.4 Å². The van der Waals surface area contributed by atoms with E-state index in [1.807, 2.05) is 17.9 Å². The van der Waals surface area contributed by atoms with Gasteiger partial charge in [-0.25, -0.2) is 0 Å². The Labute approximate surface area is 145 Å². The van der Waals surface area contributed by atoms with Crippen LogP contribution in [0.3, 0.4) is 0 Å². The molecule has 132 valence electrons. The molecule has 0 radical (unpaired) electrons. The van der Waals surface area contributed by atoms with Crippen molar-refractivity contribution in [2.45, 2.75) is 45.9 Å². The van der Waals surface area contributed by atoms with E-state index in [0.29, 0.717) is 5.92 Å². The third-order valence-electron chi connectivity index (χ3n) is 4.85. The Morgan fingerprint density at radius 1 is 1.42 bits per heavy atom. The molecule has 2 unspecified atom stereocenters. The maximum absolute atomic E-state index is 5.94. The second-order valence-electron chi connectivity index (χ2n) is 7.29. The second-order valence-corrected chi connectivity index (χ2v) is 7.29. The third-order valence-corrected chi connectivity index (χ3v) is 4.85. The van der Waals surface area contributed by atoms with Crippen molar-refractivity contribution >= 4 is 0 Å². The van der Waals surface area contributed by atoms with Crippen LogP contribution in [0.25, 0.3) is 0 Å². The van der Waals surface area contributed by atoms with Crippen molar-refractivity contribution in [1.82, 2.24) is 19.7 Å². The number of nitrogens with zero attached hydrogens (tertiary/aromatic N) is 3. The van der Waals surface area contributed by atoms with Crippen LogP contribution >= 0.6 is 0 Å². The average molecular weight is 330 g/mol. The van der Waals surface area contributed by atoms with Gasteiger partial charge in [-0.15, -0.1) is 0 Å². The zero-order chi connectivity index (χ0) is 16.9. The smallest absolute Gasteiger partial charge is 0.0896 e. The summed E-state index contributed by atoms with van der Waals surface area (Å²) in [5.74, 6) is 1.26. The van der Waals surface area contributed by atoms with E-state index in [9.17, 15) is 0 Å². The molecule has 0 aromatic carbocycles. The van der Waals surface area contributed by atoms with Crippen molar-refractivity contribution in [3.63, 3.8) is 0 Å². The van der Waals surface area contributed by atoms with Gasteiger partial charge in [0, 0.05) is 62.9 Å². The molecular weight excluding hydrogens is 300 g/mol. The standard InChI is InChI=1S/C19H30N4O/c1-15(2)6-9-23-8-4-5-18(23)13-20-11-16-7-10-24-19(16)17-12-21-22(3)14-17/h4-5,8,12,14-16,19-20H,6-7,9-11,13H2,1-3H3. The van der Waals surface area contributed by atoms with Gasteiger partial charge in [0.05, 0.1) is 12.3 Å². The van der Waals surface area contributed by atoms with Crippen LogP contribution in [0.1, 0.15) is 44.1 Å². The van der Waals surface area contributed by atoms with Gasteiger partial charge in [-0.1, -0.05) is 13.8 Å². The molecule has 0 spiro atoms. The maximum atomic E-state index is 5.94. The van der Waals surface area contributed by atoms with Gasteiger partial charge < -0.3 is 14.6 Å². The molecule has 1 saturated heterocycles. The number of ether oxygens (including phenoxy) is 1. The molecular formula is C19H30N4O. The molecule has 5 nitrogen and oxygen atoms in total. The Morgan fingerprint density at radius 3 is 3.04 bits per heavy atom. The summed E-state index contributed by atoms with van der Waals surface area (Å²) in [4.78, 5) is 0. The Balaban J connectivity index is 1.50. The molecule has 24 heavy (non-hydrogen) atoms. The van der Waals surface area contributed by atoms with Crippen LogP contribution in [0.5, 0.6) is 0 Å². The van der Waals surface area contributed by atoms with Crippen LogP contribution in [-0.2, 0) is 24.9 Å². The highest BCUT2D eigenvalue weighted by Crippen LogP contribution is 2.33. The number of aromatic nitrogens is 3. The van der Waals surface area contributed by atoms with Crippen LogP contribution in [0.4, 0.5) is 0 Å². The zero-order valence-corrected chi connectivity index (χ0v) is 15.1. The first-order valence-electron chi connectivity index (χ1n) is 9.08. The minimum Gasteiger partial charge on any atom is -0.373 e. The van der Waals surface area contributed by atoms with E-state index < -0.39 is 0 Å². The molecule has 2 atom stereocenters. The topological polar surface area (TPSA) is 44.0 Å². The second kappa shape index (κ2) is 7.99. The van der Waals surface area contributed by atoms with Gasteiger partial charge in [0.1, 0.15) is 0 Å². The highest BCUT2D eigenvalue weighted by Gasteiger charge is 2.30. The molecule has 0 saturated carbocycles. The highest BCUT2D eigenvalue weighted by atomic mass is 16.5. The molecule has 2 aromatic rings. The fraction of sp³-hybridized carbons (Fsp3) is 0.632. The molecule has 1 aliphatic rings. The van der Waals surface area contributed by atoms with Gasteiger partial charge in [-0.05, 0) is 30.9 Å². The molecule has 0 amide bonds. The Hall–Kier alpha value is -1.59. The van der Waals surface area contributed by atoms with Crippen molar-refractivity contribution in [2.24, 2.45) is 18.9 Å². The third kappa shape index (κ3) is 4.28. The molecule has 2 aromatic heterocycles. The van der Waals surface area contributed by atoms with E-state index in [0.717, 1.165) is 38.6 Å². The van der Waals surface area contributed by atoms with E-state index in [4.69, 9.17) is 4.74 Å². The number of hydrogen-bond acceptors (Lipinski definition) is 3. The summed E-state index contributed by atoms with van der Waals surface area (Å²) in [6.07, 6.45) is 8.71. The van der Waals surface area contributed by atoms with Crippen LogP contribution in [0, 0.1) is 11.8 Å². The Morgan fingerprint density at radius 2 is 2.29 bits per heavy atom. The molecule has 0 bridgehead atoms. The van der Waals surface area contributed by atoms with E-state index in [-0.39, 0.29) is 6.10 Å². The summed E-state index contributed by atoms with van der Waals surface area (Å²) in [7, 11) is 1.96. The van der Waals surface area contributed by atoms with Crippen molar-refractivity contribution in [2.75, 3.05) is 13.2 Å². The SMILES string of the molecule is CC(C)CCn1cccc1CNCC1CCOC1c1cnn(C)c1. The van der Waals surface area contributed by atoms with Gasteiger partial charge in [0.2, 0.25) is 0 Å². The lowest BCUT2D eigenvalue weighted by Crippen LogP contribution is -2.25. The molecule has 1 aliphatic heterocycles. The van der Waals surface area contributed by atoms with E-state index in [1.54, 1.807) is 0 Å². The van der Waals surface area contributed by atoms with Crippen LogP contribution in [-0.4, -0.2) is 27.5 Å². The molecule has 3 heterocycles. The summed E-state index contributed by atoms with van der Waals surface area (Å²) < 4.78 is 10.2. The van der Waals surface area contributed by atoms with Gasteiger partial charge in [-0.2, -0.15) is 5.10 Å². The zero-order valence-electron chi connectivity index (χ0n) is 15.1. The predicted octanol–water partition coefficient (Wildman–Crippen LogP) is 3.14. The first-order valence-corrected chi connectivity index (χ1v) is 9.08. The van der Waals surface area contributed by atoms with Gasteiger partial charge in [0.25, 0.3) is 0 Å². The van der Waals surface area contributed by atoms with Crippen molar-refractivity contribution in [3.8, 4) is 0 Å². The quantitative estimate of drug-likeness (QED) is 0.809. The summed E-state index contributed by atoms with van der Waals surface area (Å²) in [5, 5.41) is 7.91. The first-order chi connectivity index (χ1) is 11.6. The molecule has 1 N–H and O–H groups in total. The van der Waals surface area contributed by atoms with Gasteiger partial charge in [0.15, 0.2) is 0 Å². The lowest BCUT2D eigenvalue weighted by atomic mass is 9.97. The summed E-state index contributed by atoms with van der Waals surface area (Å²) in [6, 6.07) is 4.37. The number of hydrogen-bond donors (Lipinski definition) is 1. The molecule has 0 aliphatic carbocycles. The summed E-state index contributed by atoms with van der Waals surface area (Å²) in [5.41, 5.74) is 2.56. The van der Waals surface area contributed by atoms with Crippen LogP contribution in [0.15, 0.2) is 30.7 Å². The number of aryl methyl sites for hydroxylation is 2. The van der Waals surface area contributed by atoms with Crippen LogP contribution < -0.4 is 5.32 Å². The van der Waals surface area contributed by atoms with Gasteiger partial charge >= 0.3 is 0 Å². The summed E-state index contributed by atoms with van der Waals surface area (Å²) >= 11 is 0. The largest absolute Gasteiger partial charge is 0.373 e. The molecule has 1 fully saturated rings. The minimum atomic E-state index is 0.180. The Kier molecular flexibility index (Phi) is 5.74. The first kappa shape index (κ1) is 17.2. The van der Waals surface area contributed by atoms with Crippen molar-refractivity contribution in [1.29, 1.82) is 0 Å². The maximum Gasteiger partial charge on any atom is 0.0896 e. The summed E-state index contributed by atoms with van der Waals surface area (Å²) in [6.45, 7) is 8.40. The average Bonchev–Trinajstić information content (AvgIpc) is 3.26. The lowest BCUT2D eigenvalue weighted by molar-refractivity contribution is 0.0903. The van der Waals surface area contributed by atoms with E-state index >= 15 is 0 Å². The fourth-order valence-corrected chi connectivity index (χ4v) is 3.41. The van der Waals surface area contributed by atoms with Gasteiger partial charge in [-0.3, -0.25) is 4.68 Å². The normalized spacial score (nSPS) is 21.0. The lowest BCUT2D eigenvalue weighted by Gasteiger charge is -2.18. The minimum absolute atomic E-state index is 0.180. The monoisotopic (exact) mass is 330 g/mol. The van der Waals surface area contributed by atoms with Crippen molar-refractivity contribution < 1.29 is 4.74 Å². The van der Waals surface area contributed by atoms with Crippen LogP contribution in [0.2, 0.25) is 0 Å². The number of nitrogens with one attached hydrogen (secondary N) is 1.